The van der Waals surface area contributed by atoms with Crippen molar-refractivity contribution in [1.82, 2.24) is 0 Å². The Labute approximate surface area is 213 Å². The van der Waals surface area contributed by atoms with Crippen LogP contribution in [0.5, 0.6) is 0 Å². The van der Waals surface area contributed by atoms with Crippen molar-refractivity contribution in [3.63, 3.8) is 0 Å². The van der Waals surface area contributed by atoms with Gasteiger partial charge in [-0.1, -0.05) is 54.6 Å². The van der Waals surface area contributed by atoms with Gasteiger partial charge < -0.3 is 15.9 Å². The van der Waals surface area contributed by atoms with Gasteiger partial charge in [-0.2, -0.15) is 13.2 Å². The average molecular weight is 559 g/mol. The van der Waals surface area contributed by atoms with E-state index in [2.05, 4.69) is 15.9 Å². The summed E-state index contributed by atoms with van der Waals surface area (Å²) in [6, 6.07) is 21.1. The fourth-order valence-corrected chi connectivity index (χ4v) is 4.44. The number of nitrogen functional groups attached to an aromatic ring is 1. The first-order chi connectivity index (χ1) is 17.0. The van der Waals surface area contributed by atoms with Gasteiger partial charge in [0.1, 0.15) is 11.3 Å². The molecule has 1 aliphatic rings. The van der Waals surface area contributed by atoms with Crippen LogP contribution in [0.3, 0.4) is 0 Å². The lowest BCUT2D eigenvalue weighted by atomic mass is 9.72. The zero-order chi connectivity index (χ0) is 26.1. The van der Waals surface area contributed by atoms with Crippen LogP contribution >= 0.6 is 15.9 Å². The molecule has 186 valence electrons. The van der Waals surface area contributed by atoms with Gasteiger partial charge in [-0.15, -0.1) is 0 Å². The lowest BCUT2D eigenvalue weighted by Gasteiger charge is -2.38. The predicted octanol–water partition coefficient (Wildman–Crippen LogP) is 6.56. The Balaban J connectivity index is 0.000000455. The third-order valence-corrected chi connectivity index (χ3v) is 6.86. The van der Waals surface area contributed by atoms with E-state index in [0.717, 1.165) is 36.0 Å². The molecule has 0 saturated heterocycles. The Morgan fingerprint density at radius 3 is 2.11 bits per heavy atom. The molecule has 4 N–H and O–H groups in total. The molecule has 0 atom stereocenters. The molecular weight excluding hydrogens is 537 g/mol. The number of fused-ring (bicyclic) bond motifs is 1. The van der Waals surface area contributed by atoms with Gasteiger partial charge in [0, 0.05) is 27.3 Å². The van der Waals surface area contributed by atoms with Crippen LogP contribution in [0.25, 0.3) is 33.4 Å². The molecule has 1 heterocycles. The van der Waals surface area contributed by atoms with Crippen LogP contribution in [-0.2, 0) is 10.3 Å². The van der Waals surface area contributed by atoms with Crippen molar-refractivity contribution in [2.24, 2.45) is 5.73 Å². The monoisotopic (exact) mass is 558 g/mol. The SMILES string of the molecule is Nc1cc2oc(-c3ccccc3)c(-c3ccc(C4(N)CCC4)cc3)c(=O)c2cc1Br.O=CC(F)(F)F. The van der Waals surface area contributed by atoms with E-state index in [-0.39, 0.29) is 11.0 Å². The van der Waals surface area contributed by atoms with Crippen LogP contribution in [0.15, 0.2) is 80.4 Å². The fraction of sp³-hybridized carbons (Fsp3) is 0.185. The molecule has 0 bridgehead atoms. The fourth-order valence-electron chi connectivity index (χ4n) is 4.10. The van der Waals surface area contributed by atoms with Gasteiger partial charge >= 0.3 is 6.18 Å². The molecule has 5 rings (SSSR count). The molecular formula is C27H22BrF3N2O3. The zero-order valence-corrected chi connectivity index (χ0v) is 20.5. The summed E-state index contributed by atoms with van der Waals surface area (Å²) in [6.07, 6.45) is -2.56. The second-order valence-corrected chi connectivity index (χ2v) is 9.47. The maximum absolute atomic E-state index is 13.6. The lowest BCUT2D eigenvalue weighted by Crippen LogP contribution is -2.43. The maximum Gasteiger partial charge on any atom is 0.446 e. The van der Waals surface area contributed by atoms with Gasteiger partial charge in [0.05, 0.1) is 10.9 Å². The van der Waals surface area contributed by atoms with Crippen LogP contribution < -0.4 is 16.9 Å². The number of hydrogen-bond donors (Lipinski definition) is 2. The summed E-state index contributed by atoms with van der Waals surface area (Å²) in [5.74, 6) is 0.536. The van der Waals surface area contributed by atoms with E-state index in [1.165, 1.54) is 0 Å². The molecule has 9 heteroatoms. The Kier molecular flexibility index (Phi) is 7.06. The minimum absolute atomic E-state index is 0.0883. The summed E-state index contributed by atoms with van der Waals surface area (Å²) in [4.78, 5) is 22.3. The number of nitrogens with two attached hydrogens (primary N) is 2. The number of anilines is 1. The second-order valence-electron chi connectivity index (χ2n) is 8.62. The maximum atomic E-state index is 13.6. The standard InChI is InChI=1S/C25H21BrN2O2.C2HF3O/c26-19-13-18-21(14-20(19)27)30-24(16-5-2-1-3-6-16)22(23(18)29)15-7-9-17(10-8-15)25(28)11-4-12-25;3-2(4,5)1-6/h1-3,5-10,13-14H,4,11-12,27-28H2;1H. The third kappa shape index (κ3) is 5.22. The van der Waals surface area contributed by atoms with Crippen molar-refractivity contribution in [3.8, 4) is 22.5 Å². The Hall–Kier alpha value is -3.43. The quantitative estimate of drug-likeness (QED) is 0.219. The third-order valence-electron chi connectivity index (χ3n) is 6.17. The minimum atomic E-state index is -4.64. The molecule has 0 unspecified atom stereocenters. The van der Waals surface area contributed by atoms with Gasteiger partial charge in [0.2, 0.25) is 11.7 Å². The number of benzene rings is 3. The molecule has 1 saturated carbocycles. The highest BCUT2D eigenvalue weighted by atomic mass is 79.9. The number of carbonyl (C=O) groups is 1. The Morgan fingerprint density at radius 1 is 0.972 bits per heavy atom. The molecule has 3 aromatic carbocycles. The van der Waals surface area contributed by atoms with Gasteiger partial charge in [0.25, 0.3) is 0 Å². The normalized spacial score (nSPS) is 14.5. The number of hydrogen-bond acceptors (Lipinski definition) is 5. The number of rotatable bonds is 3. The van der Waals surface area contributed by atoms with Crippen LogP contribution in [0.2, 0.25) is 0 Å². The minimum Gasteiger partial charge on any atom is -0.455 e. The lowest BCUT2D eigenvalue weighted by molar-refractivity contribution is -0.156. The van der Waals surface area contributed by atoms with Crippen molar-refractivity contribution in [2.75, 3.05) is 5.73 Å². The van der Waals surface area contributed by atoms with Crippen molar-refractivity contribution in [1.29, 1.82) is 0 Å². The summed E-state index contributed by atoms with van der Waals surface area (Å²) < 4.78 is 38.2. The van der Waals surface area contributed by atoms with Gasteiger partial charge in [-0.3, -0.25) is 9.59 Å². The second kappa shape index (κ2) is 9.91. The van der Waals surface area contributed by atoms with Gasteiger partial charge in [0.15, 0.2) is 0 Å². The highest BCUT2D eigenvalue weighted by molar-refractivity contribution is 9.10. The Bertz CT molecular complexity index is 1460. The number of carbonyl (C=O) groups excluding carboxylic acids is 1. The average Bonchev–Trinajstić information content (AvgIpc) is 2.84. The molecule has 1 aliphatic carbocycles. The molecule has 0 amide bonds. The van der Waals surface area contributed by atoms with Crippen molar-refractivity contribution in [3.05, 3.63) is 87.0 Å². The summed E-state index contributed by atoms with van der Waals surface area (Å²) >= 11 is 3.42. The molecule has 0 radical (unpaired) electrons. The number of halogens is 4. The topological polar surface area (TPSA) is 99.3 Å². The first-order valence-corrected chi connectivity index (χ1v) is 11.9. The van der Waals surface area contributed by atoms with Crippen LogP contribution in [0.4, 0.5) is 18.9 Å². The molecule has 4 aromatic rings. The molecule has 1 aromatic heterocycles. The largest absolute Gasteiger partial charge is 0.455 e. The van der Waals surface area contributed by atoms with Crippen molar-refractivity contribution < 1.29 is 22.4 Å². The summed E-state index contributed by atoms with van der Waals surface area (Å²) in [5.41, 5.74) is 16.5. The molecule has 5 nitrogen and oxygen atoms in total. The first-order valence-electron chi connectivity index (χ1n) is 11.1. The van der Waals surface area contributed by atoms with E-state index >= 15 is 0 Å². The molecule has 36 heavy (non-hydrogen) atoms. The van der Waals surface area contributed by atoms with Crippen molar-refractivity contribution >= 4 is 38.9 Å². The Morgan fingerprint density at radius 2 is 1.58 bits per heavy atom. The molecule has 0 aliphatic heterocycles. The zero-order valence-electron chi connectivity index (χ0n) is 18.9. The predicted molar refractivity (Wildman–Crippen MR) is 137 cm³/mol. The summed E-state index contributed by atoms with van der Waals surface area (Å²) in [6.45, 7) is 0. The number of alkyl halides is 3. The van der Waals surface area contributed by atoms with Crippen molar-refractivity contribution in [2.45, 2.75) is 31.0 Å². The van der Waals surface area contributed by atoms with E-state index in [1.54, 1.807) is 12.1 Å². The van der Waals surface area contributed by atoms with Gasteiger partial charge in [-0.25, -0.2) is 0 Å². The smallest absolute Gasteiger partial charge is 0.446 e. The van der Waals surface area contributed by atoms with E-state index < -0.39 is 12.5 Å². The highest BCUT2D eigenvalue weighted by Gasteiger charge is 2.34. The van der Waals surface area contributed by atoms with Crippen LogP contribution in [-0.4, -0.2) is 12.5 Å². The van der Waals surface area contributed by atoms with E-state index in [9.17, 15) is 18.0 Å². The van der Waals surface area contributed by atoms with E-state index in [4.69, 9.17) is 20.7 Å². The number of aldehydes is 1. The van der Waals surface area contributed by atoms with Gasteiger partial charge in [-0.05, 0) is 52.4 Å². The molecule has 1 fully saturated rings. The summed E-state index contributed by atoms with van der Waals surface area (Å²) in [7, 11) is 0. The van der Waals surface area contributed by atoms with Crippen LogP contribution in [0.1, 0.15) is 24.8 Å². The van der Waals surface area contributed by atoms with Crippen LogP contribution in [0, 0.1) is 0 Å². The summed E-state index contributed by atoms with van der Waals surface area (Å²) in [5, 5.41) is 0.490. The van der Waals surface area contributed by atoms with E-state index in [0.29, 0.717) is 32.5 Å². The highest BCUT2D eigenvalue weighted by Crippen LogP contribution is 2.40. The van der Waals surface area contributed by atoms with E-state index in [1.807, 2.05) is 54.6 Å². The molecule has 0 spiro atoms. The first kappa shape index (κ1) is 25.7.